The van der Waals surface area contributed by atoms with E-state index in [4.69, 9.17) is 0 Å². The average molecular weight is 280 g/mol. The van der Waals surface area contributed by atoms with Crippen LogP contribution < -0.4 is 0 Å². The molecule has 1 N–H and O–H groups in total. The minimum atomic E-state index is 0.379. The molecule has 1 rings (SSSR count). The molecule has 0 heterocycles. The number of phenols is 1. The number of rotatable bonds is 2. The highest BCUT2D eigenvalue weighted by Crippen LogP contribution is 2.30. The molecule has 0 spiro atoms. The van der Waals surface area contributed by atoms with Gasteiger partial charge in [0, 0.05) is 4.90 Å². The average Bonchev–Trinajstić information content (AvgIpc) is 1.99. The third kappa shape index (κ3) is 2.27. The molecule has 0 amide bonds. The number of benzene rings is 1. The maximum absolute atomic E-state index is 9.31. The third-order valence-corrected chi connectivity index (χ3v) is 3.68. The zero-order valence-corrected chi connectivity index (χ0v) is 9.15. The molecule has 0 aliphatic heterocycles. The summed E-state index contributed by atoms with van der Waals surface area (Å²) in [6.07, 6.45) is 0. The fourth-order valence-electron chi connectivity index (χ4n) is 0.766. The van der Waals surface area contributed by atoms with Crippen LogP contribution >= 0.6 is 34.4 Å². The maximum Gasteiger partial charge on any atom is 0.130 e. The summed E-state index contributed by atoms with van der Waals surface area (Å²) in [5.74, 6) is 1.42. The SMILES string of the molecule is CCSc1cccc(O)c1I. The molecule has 0 bridgehead atoms. The van der Waals surface area contributed by atoms with Crippen molar-refractivity contribution in [1.82, 2.24) is 0 Å². The van der Waals surface area contributed by atoms with Gasteiger partial charge in [-0.1, -0.05) is 13.0 Å². The van der Waals surface area contributed by atoms with E-state index in [2.05, 4.69) is 29.5 Å². The zero-order chi connectivity index (χ0) is 8.27. The van der Waals surface area contributed by atoms with Gasteiger partial charge in [0.2, 0.25) is 0 Å². The van der Waals surface area contributed by atoms with Crippen LogP contribution in [0.2, 0.25) is 0 Å². The standard InChI is InChI=1S/C8H9IOS/c1-2-11-7-5-3-4-6(10)8(7)9/h3-5,10H,2H2,1H3. The number of thioether (sulfide) groups is 1. The molecular weight excluding hydrogens is 271 g/mol. The summed E-state index contributed by atoms with van der Waals surface area (Å²) in [7, 11) is 0. The van der Waals surface area contributed by atoms with Gasteiger partial charge in [-0.15, -0.1) is 11.8 Å². The van der Waals surface area contributed by atoms with Crippen molar-refractivity contribution in [2.45, 2.75) is 11.8 Å². The highest BCUT2D eigenvalue weighted by atomic mass is 127. The Balaban J connectivity index is 2.96. The molecule has 0 unspecified atom stereocenters. The van der Waals surface area contributed by atoms with Gasteiger partial charge in [0.1, 0.15) is 5.75 Å². The first-order chi connectivity index (χ1) is 5.25. The van der Waals surface area contributed by atoms with Gasteiger partial charge in [-0.05, 0) is 40.5 Å². The number of halogens is 1. The second-order valence-electron chi connectivity index (χ2n) is 2.02. The van der Waals surface area contributed by atoms with Gasteiger partial charge < -0.3 is 5.11 Å². The third-order valence-electron chi connectivity index (χ3n) is 1.24. The molecule has 1 aromatic rings. The molecule has 3 heteroatoms. The molecule has 0 aromatic heterocycles. The zero-order valence-electron chi connectivity index (χ0n) is 6.17. The summed E-state index contributed by atoms with van der Waals surface area (Å²) < 4.78 is 0.956. The first-order valence-corrected chi connectivity index (χ1v) is 5.42. The van der Waals surface area contributed by atoms with Crippen molar-refractivity contribution >= 4 is 34.4 Å². The van der Waals surface area contributed by atoms with Gasteiger partial charge in [0.05, 0.1) is 3.57 Å². The van der Waals surface area contributed by atoms with E-state index in [1.54, 1.807) is 17.8 Å². The second-order valence-corrected chi connectivity index (χ2v) is 4.41. The van der Waals surface area contributed by atoms with Crippen molar-refractivity contribution in [3.05, 3.63) is 21.8 Å². The lowest BCUT2D eigenvalue weighted by atomic mass is 10.3. The van der Waals surface area contributed by atoms with E-state index in [0.717, 1.165) is 14.2 Å². The number of hydrogen-bond acceptors (Lipinski definition) is 2. The van der Waals surface area contributed by atoms with Crippen LogP contribution in [-0.4, -0.2) is 10.9 Å². The van der Waals surface area contributed by atoms with E-state index >= 15 is 0 Å². The number of phenolic OH excluding ortho intramolecular Hbond substituents is 1. The first kappa shape index (κ1) is 9.19. The van der Waals surface area contributed by atoms with Crippen molar-refractivity contribution in [2.75, 3.05) is 5.75 Å². The Hall–Kier alpha value is 0.100. The lowest BCUT2D eigenvalue weighted by molar-refractivity contribution is 0.469. The predicted octanol–water partition coefficient (Wildman–Crippen LogP) is 3.11. The van der Waals surface area contributed by atoms with Crippen LogP contribution in [0.4, 0.5) is 0 Å². The van der Waals surface area contributed by atoms with Gasteiger partial charge in [0.25, 0.3) is 0 Å². The van der Waals surface area contributed by atoms with Gasteiger partial charge in [-0.25, -0.2) is 0 Å². The minimum Gasteiger partial charge on any atom is -0.507 e. The van der Waals surface area contributed by atoms with Gasteiger partial charge in [-0.2, -0.15) is 0 Å². The van der Waals surface area contributed by atoms with Crippen LogP contribution in [0, 0.1) is 3.57 Å². The molecule has 1 nitrogen and oxygen atoms in total. The second kappa shape index (κ2) is 4.21. The van der Waals surface area contributed by atoms with Gasteiger partial charge >= 0.3 is 0 Å². The number of aromatic hydroxyl groups is 1. The van der Waals surface area contributed by atoms with E-state index in [1.807, 2.05) is 12.1 Å². The van der Waals surface area contributed by atoms with Crippen molar-refractivity contribution in [3.63, 3.8) is 0 Å². The van der Waals surface area contributed by atoms with Crippen LogP contribution in [0.15, 0.2) is 23.1 Å². The van der Waals surface area contributed by atoms with Gasteiger partial charge in [-0.3, -0.25) is 0 Å². The molecule has 0 aliphatic rings. The summed E-state index contributed by atoms with van der Waals surface area (Å²) >= 11 is 3.91. The topological polar surface area (TPSA) is 20.2 Å². The monoisotopic (exact) mass is 280 g/mol. The highest BCUT2D eigenvalue weighted by Gasteiger charge is 2.02. The van der Waals surface area contributed by atoms with Crippen LogP contribution in [0.25, 0.3) is 0 Å². The Labute approximate surface area is 84.3 Å². The fraction of sp³-hybridized carbons (Fsp3) is 0.250. The Bertz CT molecular complexity index is 250. The largest absolute Gasteiger partial charge is 0.507 e. The number of hydrogen-bond donors (Lipinski definition) is 1. The van der Waals surface area contributed by atoms with Crippen molar-refractivity contribution < 1.29 is 5.11 Å². The quantitative estimate of drug-likeness (QED) is 0.663. The van der Waals surface area contributed by atoms with E-state index in [9.17, 15) is 5.11 Å². The van der Waals surface area contributed by atoms with Crippen molar-refractivity contribution in [3.8, 4) is 5.75 Å². The lowest BCUT2D eigenvalue weighted by Crippen LogP contribution is -1.79. The summed E-state index contributed by atoms with van der Waals surface area (Å²) in [4.78, 5) is 1.16. The molecule has 0 saturated heterocycles. The molecule has 60 valence electrons. The summed E-state index contributed by atoms with van der Waals surface area (Å²) in [5.41, 5.74) is 0. The van der Waals surface area contributed by atoms with E-state index in [0.29, 0.717) is 5.75 Å². The summed E-state index contributed by atoms with van der Waals surface area (Å²) in [6, 6.07) is 5.60. The Morgan fingerprint density at radius 2 is 2.27 bits per heavy atom. The maximum atomic E-state index is 9.31. The minimum absolute atomic E-state index is 0.379. The smallest absolute Gasteiger partial charge is 0.130 e. The van der Waals surface area contributed by atoms with E-state index in [1.165, 1.54) is 0 Å². The normalized spacial score (nSPS) is 10.0. The highest BCUT2D eigenvalue weighted by molar-refractivity contribution is 14.1. The van der Waals surface area contributed by atoms with Crippen molar-refractivity contribution in [2.24, 2.45) is 0 Å². The first-order valence-electron chi connectivity index (χ1n) is 3.36. The molecule has 0 saturated carbocycles. The van der Waals surface area contributed by atoms with Crippen LogP contribution in [0.3, 0.4) is 0 Å². The molecule has 0 fully saturated rings. The molecule has 0 aliphatic carbocycles. The molecule has 1 aromatic carbocycles. The lowest BCUT2D eigenvalue weighted by Gasteiger charge is -2.02. The molecule has 11 heavy (non-hydrogen) atoms. The van der Waals surface area contributed by atoms with Crippen LogP contribution in [0.5, 0.6) is 5.75 Å². The van der Waals surface area contributed by atoms with Crippen LogP contribution in [0.1, 0.15) is 6.92 Å². The summed E-state index contributed by atoms with van der Waals surface area (Å²) in [6.45, 7) is 2.10. The molecular formula is C8H9IOS. The Morgan fingerprint density at radius 3 is 2.91 bits per heavy atom. The Morgan fingerprint density at radius 1 is 1.55 bits per heavy atom. The van der Waals surface area contributed by atoms with E-state index < -0.39 is 0 Å². The molecule has 0 radical (unpaired) electrons. The van der Waals surface area contributed by atoms with Crippen LogP contribution in [-0.2, 0) is 0 Å². The molecule has 0 atom stereocenters. The summed E-state index contributed by atoms with van der Waals surface area (Å²) in [5, 5.41) is 9.31. The van der Waals surface area contributed by atoms with Gasteiger partial charge in [0.15, 0.2) is 0 Å². The predicted molar refractivity (Wildman–Crippen MR) is 57.2 cm³/mol. The fourth-order valence-corrected chi connectivity index (χ4v) is 2.31. The van der Waals surface area contributed by atoms with E-state index in [-0.39, 0.29) is 0 Å². The Kier molecular flexibility index (Phi) is 3.51. The van der Waals surface area contributed by atoms with Crippen molar-refractivity contribution in [1.29, 1.82) is 0 Å².